The zero-order valence-electron chi connectivity index (χ0n) is 31.7. The Morgan fingerprint density at radius 2 is 1.54 bits per heavy atom. The van der Waals surface area contributed by atoms with Gasteiger partial charge in [-0.25, -0.2) is 14.6 Å². The number of carbonyl (C=O) groups is 5. The fourth-order valence-corrected chi connectivity index (χ4v) is 7.49. The number of likely N-dealkylation sites (tertiary alicyclic amines) is 2. The Morgan fingerprint density at radius 1 is 0.839 bits per heavy atom. The van der Waals surface area contributed by atoms with E-state index in [2.05, 4.69) is 10.3 Å². The minimum absolute atomic E-state index is 0.00524. The Morgan fingerprint density at radius 3 is 2.25 bits per heavy atom. The molecule has 296 valence electrons. The van der Waals surface area contributed by atoms with Gasteiger partial charge in [-0.3, -0.25) is 14.4 Å². The lowest BCUT2D eigenvalue weighted by Gasteiger charge is -2.32. The average molecular weight is 766 g/mol. The van der Waals surface area contributed by atoms with Crippen LogP contribution in [0.2, 0.25) is 0 Å². The van der Waals surface area contributed by atoms with Gasteiger partial charge in [0.05, 0.1) is 0 Å². The second kappa shape index (κ2) is 19.9. The number of ketones is 2. The highest BCUT2D eigenvalue weighted by molar-refractivity contribution is 6.00. The summed E-state index contributed by atoms with van der Waals surface area (Å²) in [5, 5.41) is 2.76. The number of aromatic nitrogens is 1. The first-order valence-electron chi connectivity index (χ1n) is 19.7. The van der Waals surface area contributed by atoms with E-state index in [0.717, 1.165) is 30.4 Å². The van der Waals surface area contributed by atoms with Crippen molar-refractivity contribution < 1.29 is 37.9 Å². The Balaban J connectivity index is 1.25. The van der Waals surface area contributed by atoms with Crippen LogP contribution in [-0.2, 0) is 32.1 Å². The van der Waals surface area contributed by atoms with Gasteiger partial charge in [0.15, 0.2) is 11.4 Å². The van der Waals surface area contributed by atoms with Crippen molar-refractivity contribution in [3.8, 4) is 0 Å². The van der Waals surface area contributed by atoms with Crippen molar-refractivity contribution in [3.05, 3.63) is 102 Å². The van der Waals surface area contributed by atoms with E-state index in [1.54, 1.807) is 29.2 Å². The monoisotopic (exact) mass is 765 g/mol. The number of benzene rings is 3. The van der Waals surface area contributed by atoms with E-state index >= 15 is 0 Å². The molecule has 0 aliphatic carbocycles. The van der Waals surface area contributed by atoms with E-state index in [1.165, 1.54) is 4.90 Å². The van der Waals surface area contributed by atoms with E-state index in [4.69, 9.17) is 19.6 Å². The Labute approximate surface area is 326 Å². The van der Waals surface area contributed by atoms with Gasteiger partial charge in [0.1, 0.15) is 30.3 Å². The summed E-state index contributed by atoms with van der Waals surface area (Å²) >= 11 is 0. The lowest BCUT2D eigenvalue weighted by atomic mass is 9.88. The van der Waals surface area contributed by atoms with Crippen LogP contribution in [-0.4, -0.2) is 88.8 Å². The third-order valence-corrected chi connectivity index (χ3v) is 10.5. The normalized spacial score (nSPS) is 17.9. The first-order valence-corrected chi connectivity index (χ1v) is 19.7. The van der Waals surface area contributed by atoms with Crippen LogP contribution in [0.15, 0.2) is 89.3 Å². The van der Waals surface area contributed by atoms with E-state index < -0.39 is 53.8 Å². The van der Waals surface area contributed by atoms with Crippen molar-refractivity contribution in [1.82, 2.24) is 20.1 Å². The van der Waals surface area contributed by atoms with Crippen LogP contribution in [0.3, 0.4) is 0 Å². The molecule has 0 unspecified atom stereocenters. The molecule has 13 heteroatoms. The standard InChI is InChI=1S/C43H51N5O8/c44-24-11-10-18-32(39(50)40-45-33-19-8-9-20-36(33)55-40)28-35(49)38-37(56-43(53)47-25-12-3-13-26-47)23-27-48(38)41(51)34(22-21-30-14-4-1-5-15-30)46-42(52)54-29-31-16-6-2-7-17-31/h1-2,4-9,14-17,19-20,32,34,37-38H,3,10-13,18,21-29,44H2,(H,46,52)/t32-,34-,37+,38-/m1/s1. The summed E-state index contributed by atoms with van der Waals surface area (Å²) in [5.74, 6) is -2.27. The van der Waals surface area contributed by atoms with Gasteiger partial charge < -0.3 is 34.7 Å². The molecule has 3 aromatic carbocycles. The number of ether oxygens (including phenoxy) is 2. The van der Waals surface area contributed by atoms with Crippen molar-refractivity contribution in [1.29, 1.82) is 0 Å². The van der Waals surface area contributed by atoms with Crippen LogP contribution < -0.4 is 11.1 Å². The van der Waals surface area contributed by atoms with E-state index in [1.807, 2.05) is 60.7 Å². The van der Waals surface area contributed by atoms with E-state index in [9.17, 15) is 24.0 Å². The molecule has 2 saturated heterocycles. The number of oxazole rings is 1. The molecule has 3 N–H and O–H groups in total. The summed E-state index contributed by atoms with van der Waals surface area (Å²) < 4.78 is 17.4. The molecule has 0 radical (unpaired) electrons. The number of para-hydroxylation sites is 2. The molecule has 4 atom stereocenters. The Bertz CT molecular complexity index is 1900. The Kier molecular flexibility index (Phi) is 14.2. The van der Waals surface area contributed by atoms with Crippen LogP contribution in [0, 0.1) is 5.92 Å². The molecule has 1 aromatic heterocycles. The molecule has 3 heterocycles. The fraction of sp³-hybridized carbons (Fsp3) is 0.442. The van der Waals surface area contributed by atoms with E-state index in [0.29, 0.717) is 56.4 Å². The maximum atomic E-state index is 14.6. The molecular formula is C43H51N5O8. The smallest absolute Gasteiger partial charge is 0.410 e. The van der Waals surface area contributed by atoms with Gasteiger partial charge >= 0.3 is 12.2 Å². The number of carbonyl (C=O) groups excluding carboxylic acids is 5. The number of amides is 3. The van der Waals surface area contributed by atoms with Gasteiger partial charge in [-0.15, -0.1) is 0 Å². The second-order valence-electron chi connectivity index (χ2n) is 14.5. The average Bonchev–Trinajstić information content (AvgIpc) is 3.86. The summed E-state index contributed by atoms with van der Waals surface area (Å²) in [6.07, 6.45) is 2.66. The van der Waals surface area contributed by atoms with E-state index in [-0.39, 0.29) is 38.3 Å². The number of aryl methyl sites for hydroxylation is 1. The van der Waals surface area contributed by atoms with Gasteiger partial charge in [0, 0.05) is 38.4 Å². The van der Waals surface area contributed by atoms with Gasteiger partial charge in [0.25, 0.3) is 5.89 Å². The van der Waals surface area contributed by atoms with Crippen LogP contribution >= 0.6 is 0 Å². The number of hydrogen-bond donors (Lipinski definition) is 2. The third-order valence-electron chi connectivity index (χ3n) is 10.5. The molecule has 4 aromatic rings. The number of Topliss-reactive ketones (excluding diaryl/α,β-unsaturated/α-hetero) is 2. The summed E-state index contributed by atoms with van der Waals surface area (Å²) in [5.41, 5.74) is 8.51. The molecule has 0 saturated carbocycles. The molecule has 2 aliphatic heterocycles. The SMILES string of the molecule is NCCCC[C@H](CC(=O)[C@@H]1[C@@H](OC(=O)N2CCCCC2)CCN1C(=O)[C@@H](CCc1ccccc1)NC(=O)OCc1ccccc1)C(=O)c1nc2ccccc2o1. The number of unbranched alkanes of at least 4 members (excludes halogenated alkanes) is 1. The minimum atomic E-state index is -1.19. The van der Waals surface area contributed by atoms with Crippen LogP contribution in [0.1, 0.15) is 79.6 Å². The number of nitrogens with two attached hydrogens (primary N) is 1. The molecule has 2 fully saturated rings. The first-order chi connectivity index (χ1) is 27.3. The maximum Gasteiger partial charge on any atom is 0.410 e. The second-order valence-corrected chi connectivity index (χ2v) is 14.5. The summed E-state index contributed by atoms with van der Waals surface area (Å²) in [4.78, 5) is 77.3. The number of nitrogens with zero attached hydrogens (tertiary/aromatic N) is 3. The topological polar surface area (TPSA) is 174 Å². The zero-order chi connectivity index (χ0) is 39.3. The van der Waals surface area contributed by atoms with Gasteiger partial charge in [-0.05, 0) is 74.8 Å². The lowest BCUT2D eigenvalue weighted by Crippen LogP contribution is -2.54. The van der Waals surface area contributed by atoms with Crippen molar-refractivity contribution in [2.24, 2.45) is 11.7 Å². The third kappa shape index (κ3) is 10.6. The number of nitrogens with one attached hydrogen (secondary N) is 1. The molecular weight excluding hydrogens is 714 g/mol. The fourth-order valence-electron chi connectivity index (χ4n) is 7.49. The number of rotatable bonds is 17. The number of piperidine rings is 1. The van der Waals surface area contributed by atoms with Gasteiger partial charge in [0.2, 0.25) is 11.7 Å². The molecule has 13 nitrogen and oxygen atoms in total. The van der Waals surface area contributed by atoms with Crippen molar-refractivity contribution >= 4 is 40.8 Å². The molecule has 6 rings (SSSR count). The highest BCUT2D eigenvalue weighted by Crippen LogP contribution is 2.30. The minimum Gasteiger partial charge on any atom is -0.445 e. The zero-order valence-corrected chi connectivity index (χ0v) is 31.7. The quantitative estimate of drug-likeness (QED) is 0.0926. The maximum absolute atomic E-state index is 14.6. The summed E-state index contributed by atoms with van der Waals surface area (Å²) in [7, 11) is 0. The number of hydrogen-bond acceptors (Lipinski definition) is 10. The van der Waals surface area contributed by atoms with Gasteiger partial charge in [-0.1, -0.05) is 79.2 Å². The molecule has 0 bridgehead atoms. The van der Waals surface area contributed by atoms with Gasteiger partial charge in [-0.2, -0.15) is 0 Å². The number of fused-ring (bicyclic) bond motifs is 1. The van der Waals surface area contributed by atoms with Crippen LogP contribution in [0.4, 0.5) is 9.59 Å². The highest BCUT2D eigenvalue weighted by Gasteiger charge is 2.47. The summed E-state index contributed by atoms with van der Waals surface area (Å²) in [6.45, 7) is 1.62. The largest absolute Gasteiger partial charge is 0.445 e. The first kappa shape index (κ1) is 40.1. The van der Waals surface area contributed by atoms with Crippen molar-refractivity contribution in [2.75, 3.05) is 26.2 Å². The molecule has 0 spiro atoms. The summed E-state index contributed by atoms with van der Waals surface area (Å²) in [6, 6.07) is 23.6. The van der Waals surface area contributed by atoms with Crippen LogP contribution in [0.5, 0.6) is 0 Å². The predicted molar refractivity (Wildman–Crippen MR) is 208 cm³/mol. The molecule has 56 heavy (non-hydrogen) atoms. The number of alkyl carbamates (subject to hydrolysis) is 1. The van der Waals surface area contributed by atoms with Crippen LogP contribution in [0.25, 0.3) is 11.1 Å². The highest BCUT2D eigenvalue weighted by atomic mass is 16.6. The predicted octanol–water partition coefficient (Wildman–Crippen LogP) is 6.23. The Hall–Kier alpha value is -5.56. The van der Waals surface area contributed by atoms with Crippen molar-refractivity contribution in [3.63, 3.8) is 0 Å². The lowest BCUT2D eigenvalue weighted by molar-refractivity contribution is -0.141. The molecule has 2 aliphatic rings. The van der Waals surface area contributed by atoms with Crippen molar-refractivity contribution in [2.45, 2.75) is 89.0 Å². The molecule has 3 amide bonds.